The minimum atomic E-state index is -0.906. The topological polar surface area (TPSA) is 37.3 Å². The normalized spacial score (nSPS) is 12.4. The van der Waals surface area contributed by atoms with E-state index in [9.17, 15) is 4.79 Å². The molecule has 0 spiro atoms. The first-order chi connectivity index (χ1) is 4.16. The van der Waals surface area contributed by atoms with E-state index in [1.165, 1.54) is 0 Å². The molecule has 0 rings (SSSR count). The Kier molecular flexibility index (Phi) is 3.44. The molecule has 0 aliphatic heterocycles. The molecular formula is C7H10O2. The third-order valence-electron chi connectivity index (χ3n) is 0.944. The number of allylic oxidation sites excluding steroid dienone is 3. The van der Waals surface area contributed by atoms with Crippen LogP contribution >= 0.6 is 0 Å². The third-order valence-corrected chi connectivity index (χ3v) is 0.944. The van der Waals surface area contributed by atoms with E-state index in [-0.39, 0.29) is 0 Å². The van der Waals surface area contributed by atoms with Crippen LogP contribution in [-0.2, 0) is 4.79 Å². The summed E-state index contributed by atoms with van der Waals surface area (Å²) >= 11 is 0. The van der Waals surface area contributed by atoms with Gasteiger partial charge >= 0.3 is 5.97 Å². The molecule has 0 aromatic rings. The van der Waals surface area contributed by atoms with Crippen LogP contribution in [0, 0.1) is 0 Å². The number of aliphatic carboxylic acids is 1. The van der Waals surface area contributed by atoms with Gasteiger partial charge in [-0.1, -0.05) is 17.7 Å². The van der Waals surface area contributed by atoms with Crippen LogP contribution in [0.4, 0.5) is 0 Å². The highest BCUT2D eigenvalue weighted by molar-refractivity contribution is 5.80. The van der Waals surface area contributed by atoms with Crippen molar-refractivity contribution in [2.75, 3.05) is 0 Å². The molecule has 0 radical (unpaired) electrons. The van der Waals surface area contributed by atoms with E-state index in [0.717, 1.165) is 11.6 Å². The molecule has 0 fully saturated rings. The quantitative estimate of drug-likeness (QED) is 0.450. The van der Waals surface area contributed by atoms with E-state index in [2.05, 4.69) is 0 Å². The van der Waals surface area contributed by atoms with Gasteiger partial charge < -0.3 is 5.11 Å². The van der Waals surface area contributed by atoms with Gasteiger partial charge in [0.15, 0.2) is 0 Å². The predicted octanol–water partition coefficient (Wildman–Crippen LogP) is 1.59. The van der Waals surface area contributed by atoms with Gasteiger partial charge in [-0.05, 0) is 13.8 Å². The number of carbonyl (C=O) groups is 1. The average Bonchev–Trinajstić information content (AvgIpc) is 1.83. The summed E-state index contributed by atoms with van der Waals surface area (Å²) in [7, 11) is 0. The molecule has 0 aliphatic carbocycles. The van der Waals surface area contributed by atoms with Gasteiger partial charge in [-0.2, -0.15) is 0 Å². The molecule has 1 N–H and O–H groups in total. The van der Waals surface area contributed by atoms with Gasteiger partial charge in [0.2, 0.25) is 0 Å². The maximum absolute atomic E-state index is 9.91. The maximum atomic E-state index is 9.91. The first-order valence-electron chi connectivity index (χ1n) is 2.70. The zero-order valence-electron chi connectivity index (χ0n) is 5.59. The van der Waals surface area contributed by atoms with Gasteiger partial charge in [0.1, 0.15) is 0 Å². The summed E-state index contributed by atoms with van der Waals surface area (Å²) in [5, 5.41) is 8.14. The summed E-state index contributed by atoms with van der Waals surface area (Å²) < 4.78 is 0. The smallest absolute Gasteiger partial charge is 0.328 e. The van der Waals surface area contributed by atoms with Crippen molar-refractivity contribution in [1.82, 2.24) is 0 Å². The van der Waals surface area contributed by atoms with E-state index < -0.39 is 5.97 Å². The Hall–Kier alpha value is -1.05. The van der Waals surface area contributed by atoms with Crippen LogP contribution in [-0.4, -0.2) is 11.1 Å². The molecular weight excluding hydrogens is 116 g/mol. The predicted molar refractivity (Wildman–Crippen MR) is 36.2 cm³/mol. The molecule has 0 saturated heterocycles. The standard InChI is InChI=1S/C7H10O2/c1-3-6(2)4-5-7(8)9/h3-5H,1-2H3,(H,8,9)/b5-4+,6-3+. The van der Waals surface area contributed by atoms with E-state index >= 15 is 0 Å². The highest BCUT2D eigenvalue weighted by Gasteiger charge is 1.83. The van der Waals surface area contributed by atoms with E-state index in [4.69, 9.17) is 5.11 Å². The molecule has 50 valence electrons. The largest absolute Gasteiger partial charge is 0.478 e. The van der Waals surface area contributed by atoms with Crippen molar-refractivity contribution in [1.29, 1.82) is 0 Å². The lowest BCUT2D eigenvalue weighted by atomic mass is 10.3. The van der Waals surface area contributed by atoms with E-state index in [1.807, 2.05) is 19.9 Å². The maximum Gasteiger partial charge on any atom is 0.328 e. The summed E-state index contributed by atoms with van der Waals surface area (Å²) in [6, 6.07) is 0. The molecule has 9 heavy (non-hydrogen) atoms. The van der Waals surface area contributed by atoms with Crippen LogP contribution < -0.4 is 0 Å². The number of rotatable bonds is 2. The van der Waals surface area contributed by atoms with Crippen molar-refractivity contribution in [2.45, 2.75) is 13.8 Å². The molecule has 0 unspecified atom stereocenters. The zero-order valence-corrected chi connectivity index (χ0v) is 5.59. The fraction of sp³-hybridized carbons (Fsp3) is 0.286. The summed E-state index contributed by atoms with van der Waals surface area (Å²) in [5.41, 5.74) is 0.956. The molecule has 0 atom stereocenters. The number of hydrogen-bond donors (Lipinski definition) is 1. The second-order valence-electron chi connectivity index (χ2n) is 1.70. The first kappa shape index (κ1) is 7.95. The number of hydrogen-bond acceptors (Lipinski definition) is 1. The molecule has 0 bridgehead atoms. The molecule has 0 heterocycles. The van der Waals surface area contributed by atoms with Crippen LogP contribution in [0.25, 0.3) is 0 Å². The van der Waals surface area contributed by atoms with Crippen LogP contribution in [0.3, 0.4) is 0 Å². The van der Waals surface area contributed by atoms with Crippen molar-refractivity contribution in [3.8, 4) is 0 Å². The van der Waals surface area contributed by atoms with E-state index in [1.54, 1.807) is 6.08 Å². The van der Waals surface area contributed by atoms with Gasteiger partial charge in [-0.3, -0.25) is 0 Å². The summed E-state index contributed by atoms with van der Waals surface area (Å²) in [4.78, 5) is 9.91. The van der Waals surface area contributed by atoms with Gasteiger partial charge in [0, 0.05) is 6.08 Å². The Morgan fingerprint density at radius 3 is 2.33 bits per heavy atom. The first-order valence-corrected chi connectivity index (χ1v) is 2.70. The monoisotopic (exact) mass is 126 g/mol. The molecule has 2 nitrogen and oxygen atoms in total. The van der Waals surface area contributed by atoms with Crippen LogP contribution in [0.5, 0.6) is 0 Å². The van der Waals surface area contributed by atoms with Gasteiger partial charge in [0.25, 0.3) is 0 Å². The third kappa shape index (κ3) is 4.81. The Balaban J connectivity index is 3.86. The van der Waals surface area contributed by atoms with Crippen molar-refractivity contribution in [3.05, 3.63) is 23.8 Å². The van der Waals surface area contributed by atoms with Gasteiger partial charge in [-0.15, -0.1) is 0 Å². The Morgan fingerprint density at radius 2 is 2.00 bits per heavy atom. The van der Waals surface area contributed by atoms with Gasteiger partial charge in [0.05, 0.1) is 0 Å². The Labute approximate surface area is 54.5 Å². The molecule has 0 aliphatic rings. The molecule has 2 heteroatoms. The minimum Gasteiger partial charge on any atom is -0.478 e. The fourth-order valence-electron chi connectivity index (χ4n) is 0.299. The zero-order chi connectivity index (χ0) is 7.28. The lowest BCUT2D eigenvalue weighted by Crippen LogP contribution is -1.85. The number of carboxylic acid groups (broad SMARTS) is 1. The van der Waals surface area contributed by atoms with Crippen LogP contribution in [0.15, 0.2) is 23.8 Å². The lowest BCUT2D eigenvalue weighted by molar-refractivity contribution is -0.131. The van der Waals surface area contributed by atoms with Crippen molar-refractivity contribution >= 4 is 5.97 Å². The number of carboxylic acids is 1. The fourth-order valence-corrected chi connectivity index (χ4v) is 0.299. The molecule has 0 saturated carbocycles. The molecule has 0 aromatic carbocycles. The highest BCUT2D eigenvalue weighted by atomic mass is 16.4. The Morgan fingerprint density at radius 1 is 1.44 bits per heavy atom. The van der Waals surface area contributed by atoms with Crippen LogP contribution in [0.2, 0.25) is 0 Å². The summed E-state index contributed by atoms with van der Waals surface area (Å²) in [5.74, 6) is -0.906. The van der Waals surface area contributed by atoms with Gasteiger partial charge in [-0.25, -0.2) is 4.79 Å². The second kappa shape index (κ2) is 3.89. The van der Waals surface area contributed by atoms with E-state index in [0.29, 0.717) is 0 Å². The lowest BCUT2D eigenvalue weighted by Gasteiger charge is -1.83. The summed E-state index contributed by atoms with van der Waals surface area (Å²) in [6.07, 6.45) is 4.52. The summed E-state index contributed by atoms with van der Waals surface area (Å²) in [6.45, 7) is 3.71. The SMILES string of the molecule is C/C=C(C)/C=C/C(=O)O. The molecule has 0 aromatic heterocycles. The van der Waals surface area contributed by atoms with Crippen molar-refractivity contribution in [3.63, 3.8) is 0 Å². The molecule has 0 amide bonds. The highest BCUT2D eigenvalue weighted by Crippen LogP contribution is 1.92. The Bertz CT molecular complexity index is 154. The minimum absolute atomic E-state index is 0.906. The van der Waals surface area contributed by atoms with Crippen LogP contribution in [0.1, 0.15) is 13.8 Å². The van der Waals surface area contributed by atoms with Crippen molar-refractivity contribution in [2.24, 2.45) is 0 Å². The average molecular weight is 126 g/mol. The second-order valence-corrected chi connectivity index (χ2v) is 1.70. The van der Waals surface area contributed by atoms with Crippen molar-refractivity contribution < 1.29 is 9.90 Å².